The third-order valence-corrected chi connectivity index (χ3v) is 5.46. The van der Waals surface area contributed by atoms with Gasteiger partial charge >= 0.3 is 7.69 Å². The molecule has 4 rings (SSSR count). The second kappa shape index (κ2) is 12.0. The summed E-state index contributed by atoms with van der Waals surface area (Å²) in [5, 5.41) is 13.9. The molecule has 1 fully saturated rings. The first-order valence-corrected chi connectivity index (χ1v) is 10.8. The molecule has 3 aromatic rings. The molecule has 168 valence electrons. The van der Waals surface area contributed by atoms with Gasteiger partial charge in [-0.15, -0.1) is 0 Å². The summed E-state index contributed by atoms with van der Waals surface area (Å²) in [6.07, 6.45) is 1.69. The molecule has 0 radical (unpaired) electrons. The molecule has 2 N–H and O–H groups in total. The minimum Gasteiger partial charge on any atom is -0.489 e. The van der Waals surface area contributed by atoms with E-state index in [1.165, 1.54) is 17.0 Å². The molecular weight excluding hydrogens is 444 g/mol. The molecule has 33 heavy (non-hydrogen) atoms. The minimum absolute atomic E-state index is 0.120. The largest absolute Gasteiger partial charge is 0.489 e. The van der Waals surface area contributed by atoms with Gasteiger partial charge in [0.2, 0.25) is 0 Å². The number of carbonyl (C=O) groups excluding carboxylic acids is 2. The van der Waals surface area contributed by atoms with Gasteiger partial charge in [0.25, 0.3) is 11.1 Å². The second-order valence-electron chi connectivity index (χ2n) is 6.88. The van der Waals surface area contributed by atoms with Crippen LogP contribution in [0.25, 0.3) is 6.08 Å². The van der Waals surface area contributed by atoms with E-state index in [2.05, 4.69) is 0 Å². The van der Waals surface area contributed by atoms with Gasteiger partial charge < -0.3 is 14.8 Å². The summed E-state index contributed by atoms with van der Waals surface area (Å²) in [5.74, 6) is 0.0168. The Morgan fingerprint density at radius 1 is 0.909 bits per heavy atom. The van der Waals surface area contributed by atoms with Crippen molar-refractivity contribution in [1.29, 1.82) is 0 Å². The maximum atomic E-state index is 13.1. The van der Waals surface area contributed by atoms with E-state index >= 15 is 0 Å². The third kappa shape index (κ3) is 7.05. The quantitative estimate of drug-likeness (QED) is 0.425. The van der Waals surface area contributed by atoms with Crippen LogP contribution in [0.4, 0.5) is 9.18 Å². The number of carbonyl (C=O) groups is 2. The maximum absolute atomic E-state index is 13.1. The van der Waals surface area contributed by atoms with Crippen LogP contribution < -0.4 is 4.74 Å². The Kier molecular flexibility index (Phi) is 8.83. The van der Waals surface area contributed by atoms with Crippen LogP contribution in [0, 0.1) is 5.82 Å². The Morgan fingerprint density at radius 3 is 2.18 bits per heavy atom. The van der Waals surface area contributed by atoms with Crippen LogP contribution in [0.2, 0.25) is 0 Å². The number of thioether (sulfide) groups is 1. The summed E-state index contributed by atoms with van der Waals surface area (Å²) < 4.78 is 18.8. The lowest BCUT2D eigenvalue weighted by Crippen LogP contribution is -2.27. The lowest BCUT2D eigenvalue weighted by atomic mass is 10.2. The van der Waals surface area contributed by atoms with Crippen LogP contribution in [0.5, 0.6) is 5.75 Å². The van der Waals surface area contributed by atoms with Gasteiger partial charge in [0, 0.05) is 0 Å². The van der Waals surface area contributed by atoms with Crippen LogP contribution in [0.1, 0.15) is 16.7 Å². The molecule has 6 nitrogen and oxygen atoms in total. The fraction of sp³-hybridized carbons (Fsp3) is 0.0833. The summed E-state index contributed by atoms with van der Waals surface area (Å²) in [6, 6.07) is 23.0. The lowest BCUT2D eigenvalue weighted by molar-refractivity contribution is -0.123. The van der Waals surface area contributed by atoms with Gasteiger partial charge in [-0.1, -0.05) is 54.6 Å². The fourth-order valence-corrected chi connectivity index (χ4v) is 3.80. The van der Waals surface area contributed by atoms with Crippen molar-refractivity contribution < 1.29 is 28.8 Å². The summed E-state index contributed by atoms with van der Waals surface area (Å²) in [7, 11) is -0.750. The molecule has 0 aromatic heterocycles. The van der Waals surface area contributed by atoms with Crippen molar-refractivity contribution in [3.63, 3.8) is 0 Å². The Bertz CT molecular complexity index is 1110. The average Bonchev–Trinajstić information content (AvgIpc) is 3.08. The van der Waals surface area contributed by atoms with Crippen LogP contribution >= 0.6 is 11.8 Å². The van der Waals surface area contributed by atoms with Gasteiger partial charge in [-0.25, -0.2) is 4.39 Å². The summed E-state index contributed by atoms with van der Waals surface area (Å²) in [6.45, 7) is 0.594. The number of hydrogen-bond donors (Lipinski definition) is 2. The molecule has 0 spiro atoms. The molecule has 9 heteroatoms. The first-order valence-electron chi connectivity index (χ1n) is 9.98. The Morgan fingerprint density at radius 2 is 1.55 bits per heavy atom. The monoisotopic (exact) mass is 465 g/mol. The van der Waals surface area contributed by atoms with Crippen LogP contribution in [-0.2, 0) is 17.9 Å². The van der Waals surface area contributed by atoms with E-state index in [-0.39, 0.29) is 23.5 Å². The molecule has 1 aliphatic rings. The van der Waals surface area contributed by atoms with Crippen molar-refractivity contribution in [2.75, 3.05) is 0 Å². The zero-order valence-electron chi connectivity index (χ0n) is 17.6. The van der Waals surface area contributed by atoms with Crippen LogP contribution in [-0.4, -0.2) is 33.8 Å². The number of nitrogens with zero attached hydrogens (tertiary/aromatic N) is 1. The molecule has 0 bridgehead atoms. The van der Waals surface area contributed by atoms with E-state index in [4.69, 9.17) is 14.8 Å². The number of benzene rings is 3. The van der Waals surface area contributed by atoms with Crippen molar-refractivity contribution in [3.8, 4) is 5.75 Å². The highest BCUT2D eigenvalue weighted by molar-refractivity contribution is 8.18. The van der Waals surface area contributed by atoms with Gasteiger partial charge in [0.05, 0.1) is 11.4 Å². The summed E-state index contributed by atoms with van der Waals surface area (Å²) >= 11 is 0.904. The first-order chi connectivity index (χ1) is 16.0. The zero-order valence-corrected chi connectivity index (χ0v) is 18.4. The second-order valence-corrected chi connectivity index (χ2v) is 7.87. The van der Waals surface area contributed by atoms with Crippen molar-refractivity contribution in [1.82, 2.24) is 4.90 Å². The lowest BCUT2D eigenvalue weighted by Gasteiger charge is -2.12. The molecule has 1 aliphatic heterocycles. The van der Waals surface area contributed by atoms with Crippen molar-refractivity contribution in [2.24, 2.45) is 0 Å². The SMILES string of the molecule is O=C1S/C(=C\c2ccc(OCc3ccccc3)cc2)C(=O)N1Cc1ccc(F)cc1.OBO. The molecule has 2 amide bonds. The standard InChI is InChI=1S/C24H18FNO3S.BH3O2/c25-20-10-6-18(7-11-20)15-26-23(27)22(30-24(26)28)14-17-8-12-21(13-9-17)29-16-19-4-2-1-3-5-19;2-1-3/h1-14H,15-16H2;1-3H/b22-14-;. The molecule has 0 unspecified atom stereocenters. The van der Waals surface area contributed by atoms with E-state index < -0.39 is 7.69 Å². The number of halogens is 1. The molecule has 1 saturated heterocycles. The fourth-order valence-electron chi connectivity index (χ4n) is 2.96. The van der Waals surface area contributed by atoms with Gasteiger partial charge in [0.1, 0.15) is 18.2 Å². The smallest absolute Gasteiger partial charge is 0.432 e. The number of ether oxygens (including phenoxy) is 1. The summed E-state index contributed by atoms with van der Waals surface area (Å²) in [4.78, 5) is 26.4. The molecule has 1 heterocycles. The van der Waals surface area contributed by atoms with Gasteiger partial charge in [-0.05, 0) is 58.8 Å². The van der Waals surface area contributed by atoms with Gasteiger partial charge in [-0.3, -0.25) is 14.5 Å². The Labute approximate surface area is 195 Å². The number of hydrogen-bond acceptors (Lipinski definition) is 6. The Balaban J connectivity index is 0.000000968. The Hall–Kier alpha value is -3.40. The number of amides is 2. The van der Waals surface area contributed by atoms with Crippen molar-refractivity contribution in [3.05, 3.63) is 106 Å². The van der Waals surface area contributed by atoms with Gasteiger partial charge in [0.15, 0.2) is 0 Å². The van der Waals surface area contributed by atoms with Gasteiger partial charge in [-0.2, -0.15) is 0 Å². The highest BCUT2D eigenvalue weighted by Crippen LogP contribution is 2.33. The van der Waals surface area contributed by atoms with Crippen LogP contribution in [0.3, 0.4) is 0 Å². The van der Waals surface area contributed by atoms with E-state index in [0.717, 1.165) is 28.6 Å². The zero-order chi connectivity index (χ0) is 23.6. The average molecular weight is 465 g/mol. The molecule has 0 saturated carbocycles. The molecule has 0 atom stereocenters. The predicted octanol–water partition coefficient (Wildman–Crippen LogP) is 3.88. The first kappa shape index (κ1) is 24.3. The maximum Gasteiger partial charge on any atom is 0.432 e. The van der Waals surface area contributed by atoms with E-state index in [9.17, 15) is 14.0 Å². The van der Waals surface area contributed by atoms with Crippen LogP contribution in [0.15, 0.2) is 83.8 Å². The highest BCUT2D eigenvalue weighted by atomic mass is 32.2. The summed E-state index contributed by atoms with van der Waals surface area (Å²) in [5.41, 5.74) is 2.57. The van der Waals surface area contributed by atoms with E-state index in [1.54, 1.807) is 18.2 Å². The normalized spacial score (nSPS) is 14.2. The van der Waals surface area contributed by atoms with Crippen molar-refractivity contribution >= 4 is 36.7 Å². The molecule has 0 aliphatic carbocycles. The topological polar surface area (TPSA) is 87.1 Å². The third-order valence-electron chi connectivity index (χ3n) is 4.55. The molecule has 3 aromatic carbocycles. The minimum atomic E-state index is -0.750. The highest BCUT2D eigenvalue weighted by Gasteiger charge is 2.34. The van der Waals surface area contributed by atoms with Crippen molar-refractivity contribution in [2.45, 2.75) is 13.2 Å². The predicted molar refractivity (Wildman–Crippen MR) is 127 cm³/mol. The molecular formula is C24H21BFNO5S. The number of imide groups is 1. The number of rotatable bonds is 6. The van der Waals surface area contributed by atoms with E-state index in [1.807, 2.05) is 54.6 Å². The van der Waals surface area contributed by atoms with E-state index in [0.29, 0.717) is 17.1 Å².